The number of carbonyl (C=O) groups excluding carboxylic acids is 1. The molecule has 1 unspecified atom stereocenters. The van der Waals surface area contributed by atoms with E-state index >= 15 is 0 Å². The first kappa shape index (κ1) is 18.9. The van der Waals surface area contributed by atoms with E-state index in [-0.39, 0.29) is 17.9 Å². The molecule has 8 heteroatoms. The van der Waals surface area contributed by atoms with Crippen molar-refractivity contribution in [2.45, 2.75) is 37.6 Å². The third kappa shape index (κ3) is 4.16. The summed E-state index contributed by atoms with van der Waals surface area (Å²) >= 11 is 0. The smallest absolute Gasteiger partial charge is 0.317 e. The standard InChI is InChI=1S/C20H27FN6O/c21-17-6-2-1-5-16(17)18(26-9-3-4-10-26)13-22-20(28)27-11-7-15(8-12-27)19-23-14-24-25-19/h1-2,5-6,14-15,18H,3-4,7-13H2,(H,22,28)(H,23,24,25). The van der Waals surface area contributed by atoms with E-state index in [1.54, 1.807) is 6.07 Å². The van der Waals surface area contributed by atoms with Crippen LogP contribution in [-0.2, 0) is 0 Å². The van der Waals surface area contributed by atoms with Crippen LogP contribution in [0.3, 0.4) is 0 Å². The van der Waals surface area contributed by atoms with Gasteiger partial charge in [0.25, 0.3) is 0 Å². The molecule has 0 saturated carbocycles. The third-order valence-corrected chi connectivity index (χ3v) is 5.89. The summed E-state index contributed by atoms with van der Waals surface area (Å²) in [4.78, 5) is 21.0. The Kier molecular flexibility index (Phi) is 5.85. The summed E-state index contributed by atoms with van der Waals surface area (Å²) in [5, 5.41) is 9.88. The zero-order valence-electron chi connectivity index (χ0n) is 16.0. The van der Waals surface area contributed by atoms with Gasteiger partial charge in [-0.1, -0.05) is 18.2 Å². The molecule has 2 saturated heterocycles. The predicted octanol–water partition coefficient (Wildman–Crippen LogP) is 2.67. The number of urea groups is 1. The zero-order chi connectivity index (χ0) is 19.3. The lowest BCUT2D eigenvalue weighted by molar-refractivity contribution is 0.172. The summed E-state index contributed by atoms with van der Waals surface area (Å²) in [5.41, 5.74) is 0.661. The summed E-state index contributed by atoms with van der Waals surface area (Å²) in [7, 11) is 0. The fraction of sp³-hybridized carbons (Fsp3) is 0.550. The van der Waals surface area contributed by atoms with Crippen molar-refractivity contribution in [3.8, 4) is 0 Å². The second-order valence-corrected chi connectivity index (χ2v) is 7.60. The number of hydrogen-bond acceptors (Lipinski definition) is 4. The first-order chi connectivity index (χ1) is 13.7. The number of H-pyrrole nitrogens is 1. The molecule has 0 spiro atoms. The van der Waals surface area contributed by atoms with Gasteiger partial charge in [-0.2, -0.15) is 5.10 Å². The molecule has 2 amide bonds. The fourth-order valence-electron chi connectivity index (χ4n) is 4.30. The lowest BCUT2D eigenvalue weighted by Gasteiger charge is -2.33. The molecule has 7 nitrogen and oxygen atoms in total. The Balaban J connectivity index is 1.35. The Hall–Kier alpha value is -2.48. The van der Waals surface area contributed by atoms with Gasteiger partial charge in [0.2, 0.25) is 0 Å². The van der Waals surface area contributed by atoms with Crippen LogP contribution in [0.15, 0.2) is 30.6 Å². The maximum atomic E-state index is 14.4. The lowest BCUT2D eigenvalue weighted by Crippen LogP contribution is -2.46. The van der Waals surface area contributed by atoms with Crippen LogP contribution in [0.5, 0.6) is 0 Å². The van der Waals surface area contributed by atoms with Crippen LogP contribution < -0.4 is 5.32 Å². The summed E-state index contributed by atoms with van der Waals surface area (Å²) in [6.45, 7) is 3.67. The van der Waals surface area contributed by atoms with Crippen LogP contribution >= 0.6 is 0 Å². The molecule has 1 atom stereocenters. The zero-order valence-corrected chi connectivity index (χ0v) is 16.0. The van der Waals surface area contributed by atoms with E-state index in [9.17, 15) is 9.18 Å². The van der Waals surface area contributed by atoms with Gasteiger partial charge in [-0.3, -0.25) is 10.00 Å². The topological polar surface area (TPSA) is 77.2 Å². The lowest BCUT2D eigenvalue weighted by atomic mass is 9.96. The molecule has 1 aromatic heterocycles. The minimum atomic E-state index is -0.207. The van der Waals surface area contributed by atoms with Gasteiger partial charge in [0, 0.05) is 31.1 Å². The van der Waals surface area contributed by atoms with E-state index in [1.165, 1.54) is 12.4 Å². The summed E-state index contributed by atoms with van der Waals surface area (Å²) in [5.74, 6) is 1.01. The largest absolute Gasteiger partial charge is 0.336 e. The minimum absolute atomic E-state index is 0.0726. The molecule has 4 rings (SSSR count). The quantitative estimate of drug-likeness (QED) is 0.828. The van der Waals surface area contributed by atoms with Gasteiger partial charge < -0.3 is 10.2 Å². The van der Waals surface area contributed by atoms with E-state index in [0.717, 1.165) is 44.6 Å². The molecule has 2 N–H and O–H groups in total. The minimum Gasteiger partial charge on any atom is -0.336 e. The molecule has 3 heterocycles. The number of amides is 2. The summed E-state index contributed by atoms with van der Waals surface area (Å²) in [6.07, 6.45) is 5.49. The number of rotatable bonds is 5. The second-order valence-electron chi connectivity index (χ2n) is 7.60. The van der Waals surface area contributed by atoms with Crippen LogP contribution in [0.1, 0.15) is 49.0 Å². The number of likely N-dealkylation sites (tertiary alicyclic amines) is 2. The van der Waals surface area contributed by atoms with Crippen molar-refractivity contribution >= 4 is 6.03 Å². The molecule has 2 aliphatic rings. The maximum absolute atomic E-state index is 14.4. The molecule has 1 aromatic carbocycles. The highest BCUT2D eigenvalue weighted by Crippen LogP contribution is 2.27. The molecule has 28 heavy (non-hydrogen) atoms. The monoisotopic (exact) mass is 386 g/mol. The van der Waals surface area contributed by atoms with E-state index in [4.69, 9.17) is 0 Å². The molecular formula is C20H27FN6O. The van der Waals surface area contributed by atoms with Gasteiger partial charge in [0.1, 0.15) is 18.0 Å². The first-order valence-corrected chi connectivity index (χ1v) is 10.1. The summed E-state index contributed by atoms with van der Waals surface area (Å²) in [6, 6.07) is 6.69. The number of halogens is 1. The first-order valence-electron chi connectivity index (χ1n) is 10.1. The highest BCUT2D eigenvalue weighted by Gasteiger charge is 2.28. The van der Waals surface area contributed by atoms with Crippen molar-refractivity contribution in [2.75, 3.05) is 32.7 Å². The number of nitrogens with zero attached hydrogens (tertiary/aromatic N) is 4. The van der Waals surface area contributed by atoms with Crippen LogP contribution in [-0.4, -0.2) is 63.7 Å². The van der Waals surface area contributed by atoms with Crippen molar-refractivity contribution in [3.05, 3.63) is 47.8 Å². The number of piperidine rings is 1. The van der Waals surface area contributed by atoms with Crippen LogP contribution in [0.2, 0.25) is 0 Å². The number of carbonyl (C=O) groups is 1. The Morgan fingerprint density at radius 3 is 2.64 bits per heavy atom. The average Bonchev–Trinajstić information content (AvgIpc) is 3.44. The molecule has 0 bridgehead atoms. The van der Waals surface area contributed by atoms with Gasteiger partial charge in [-0.25, -0.2) is 14.2 Å². The number of nitrogens with one attached hydrogen (secondary N) is 2. The fourth-order valence-corrected chi connectivity index (χ4v) is 4.30. The normalized spacial score (nSPS) is 19.7. The van der Waals surface area contributed by atoms with Crippen LogP contribution in [0.25, 0.3) is 0 Å². The van der Waals surface area contributed by atoms with E-state index in [1.807, 2.05) is 17.0 Å². The Morgan fingerprint density at radius 1 is 1.21 bits per heavy atom. The van der Waals surface area contributed by atoms with Gasteiger partial charge in [-0.05, 0) is 44.8 Å². The number of benzene rings is 1. The van der Waals surface area contributed by atoms with Gasteiger partial charge in [0.15, 0.2) is 0 Å². The second kappa shape index (κ2) is 8.68. The van der Waals surface area contributed by atoms with Crippen LogP contribution in [0.4, 0.5) is 9.18 Å². The van der Waals surface area contributed by atoms with Gasteiger partial charge in [0.05, 0.1) is 6.04 Å². The Labute approximate surface area is 164 Å². The average molecular weight is 386 g/mol. The molecule has 0 radical (unpaired) electrons. The molecule has 2 aliphatic heterocycles. The van der Waals surface area contributed by atoms with E-state index in [0.29, 0.717) is 31.1 Å². The van der Waals surface area contributed by atoms with E-state index < -0.39 is 0 Å². The molecule has 2 fully saturated rings. The highest BCUT2D eigenvalue weighted by molar-refractivity contribution is 5.74. The molecular weight excluding hydrogens is 359 g/mol. The van der Waals surface area contributed by atoms with Crippen molar-refractivity contribution < 1.29 is 9.18 Å². The number of aromatic nitrogens is 3. The Morgan fingerprint density at radius 2 is 1.96 bits per heavy atom. The summed E-state index contributed by atoms with van der Waals surface area (Å²) < 4.78 is 14.4. The number of aromatic amines is 1. The van der Waals surface area contributed by atoms with Crippen molar-refractivity contribution in [3.63, 3.8) is 0 Å². The van der Waals surface area contributed by atoms with Gasteiger partial charge in [-0.15, -0.1) is 0 Å². The van der Waals surface area contributed by atoms with Gasteiger partial charge >= 0.3 is 6.03 Å². The van der Waals surface area contributed by atoms with Crippen molar-refractivity contribution in [1.29, 1.82) is 0 Å². The molecule has 2 aromatic rings. The predicted molar refractivity (Wildman–Crippen MR) is 103 cm³/mol. The number of hydrogen-bond donors (Lipinski definition) is 2. The maximum Gasteiger partial charge on any atom is 0.317 e. The van der Waals surface area contributed by atoms with Crippen molar-refractivity contribution in [2.24, 2.45) is 0 Å². The molecule has 150 valence electrons. The molecule has 0 aliphatic carbocycles. The highest BCUT2D eigenvalue weighted by atomic mass is 19.1. The van der Waals surface area contributed by atoms with Crippen LogP contribution in [0, 0.1) is 5.82 Å². The SMILES string of the molecule is O=C(NCC(c1ccccc1F)N1CCCC1)N1CCC(c2ncn[nH]2)CC1. The van der Waals surface area contributed by atoms with E-state index in [2.05, 4.69) is 25.4 Å². The Bertz CT molecular complexity index is 769. The third-order valence-electron chi connectivity index (χ3n) is 5.89. The van der Waals surface area contributed by atoms with Crippen molar-refractivity contribution in [1.82, 2.24) is 30.3 Å².